The van der Waals surface area contributed by atoms with Crippen molar-refractivity contribution in [3.63, 3.8) is 0 Å². The second kappa shape index (κ2) is 34.9. The molecule has 4 amide bonds. The Labute approximate surface area is 636 Å². The van der Waals surface area contributed by atoms with E-state index in [1.165, 1.54) is 20.8 Å². The molecule has 0 aliphatic carbocycles. The Bertz CT molecular complexity index is 6180. The van der Waals surface area contributed by atoms with Crippen LogP contribution >= 0.6 is 0 Å². The lowest BCUT2D eigenvalue weighted by Gasteiger charge is -2.12. The van der Waals surface area contributed by atoms with Gasteiger partial charge in [-0.2, -0.15) is 35.8 Å². The normalized spacial score (nSPS) is 12.2. The van der Waals surface area contributed by atoms with Crippen molar-refractivity contribution in [2.75, 3.05) is 34.5 Å². The number of carbonyl (C=O) groups is 7. The van der Waals surface area contributed by atoms with Gasteiger partial charge in [0.05, 0.1) is 61.1 Å². The van der Waals surface area contributed by atoms with Gasteiger partial charge in [0, 0.05) is 28.1 Å². The minimum atomic E-state index is -1.46. The van der Waals surface area contributed by atoms with Gasteiger partial charge in [0.25, 0.3) is 23.6 Å². The van der Waals surface area contributed by atoms with Gasteiger partial charge in [0.1, 0.15) is 41.8 Å². The highest BCUT2D eigenvalue weighted by Gasteiger charge is 2.27. The molecule has 4 aromatic heterocycles. The summed E-state index contributed by atoms with van der Waals surface area (Å²) < 4.78 is 11.7. The van der Waals surface area contributed by atoms with Crippen LogP contribution in [0.1, 0.15) is 42.3 Å². The van der Waals surface area contributed by atoms with Gasteiger partial charge in [0.2, 0.25) is 18.1 Å². The number of imidazole rings is 4. The van der Waals surface area contributed by atoms with Crippen molar-refractivity contribution in [1.82, 2.24) is 39.9 Å². The second-order valence-corrected chi connectivity index (χ2v) is 25.3. The van der Waals surface area contributed by atoms with Crippen molar-refractivity contribution < 1.29 is 48.1 Å². The van der Waals surface area contributed by atoms with Gasteiger partial charge in [-0.05, 0) is 167 Å². The zero-order chi connectivity index (χ0) is 79.8. The SMILES string of the molecule is CC(=O)C(N=Nc1ccc(C)cc1)C(=O)Nc1ccc2[nH]c(=O)[nH]c2c1.CC(=O)C(N=Nc1ccccc1OCCOc1ccccc1N=NC(C(C)=O)C(=O)Nc1ccc2[nH]c(=O)[nH]c2c1)C(=O)Nc1ccc2[nH]c(=O)[nH]c2c1.Cc1ccc(N=Nc2c(O)c(C(=O)Nc3ccc4[nH]c(=O)[nH]c4c3)cc3ccccc23)cc1. The second-order valence-electron chi connectivity index (χ2n) is 25.3. The number of phenols is 1. The average Bonchev–Trinajstić information content (AvgIpc) is 1.70. The number of carbonyl (C=O) groups excluding carboxylic acids is 7. The lowest BCUT2D eigenvalue weighted by atomic mass is 10.0. The van der Waals surface area contributed by atoms with Gasteiger partial charge in [-0.25, -0.2) is 19.2 Å². The molecule has 14 aromatic rings. The van der Waals surface area contributed by atoms with Crippen LogP contribution in [0, 0.1) is 13.8 Å². The van der Waals surface area contributed by atoms with Crippen LogP contribution in [0.15, 0.2) is 260 Å². The summed E-state index contributed by atoms with van der Waals surface area (Å²) in [5.74, 6) is -3.69. The molecule has 113 heavy (non-hydrogen) atoms. The third-order valence-electron chi connectivity index (χ3n) is 16.8. The summed E-state index contributed by atoms with van der Waals surface area (Å²) in [6, 6.07) is 52.1. The molecule has 568 valence electrons. The number of ketones is 3. The van der Waals surface area contributed by atoms with Gasteiger partial charge in [0.15, 0.2) is 23.1 Å². The molecule has 10 aromatic carbocycles. The van der Waals surface area contributed by atoms with Crippen molar-refractivity contribution in [2.24, 2.45) is 40.9 Å². The van der Waals surface area contributed by atoms with E-state index in [4.69, 9.17) is 9.47 Å². The molecular weight excluding hydrogens is 1450 g/mol. The number of H-pyrrole nitrogens is 8. The summed E-state index contributed by atoms with van der Waals surface area (Å²) in [6.45, 7) is 7.72. The number of nitrogens with zero attached hydrogens (tertiary/aromatic N) is 8. The predicted molar refractivity (Wildman–Crippen MR) is 422 cm³/mol. The van der Waals surface area contributed by atoms with Crippen LogP contribution in [-0.2, 0) is 28.8 Å². The summed E-state index contributed by atoms with van der Waals surface area (Å²) >= 11 is 0. The molecule has 34 heteroatoms. The van der Waals surface area contributed by atoms with Crippen LogP contribution in [0.2, 0.25) is 0 Å². The van der Waals surface area contributed by atoms with E-state index in [1.807, 2.05) is 74.5 Å². The maximum absolute atomic E-state index is 13.1. The number of ether oxygens (including phenoxy) is 2. The van der Waals surface area contributed by atoms with E-state index >= 15 is 0 Å². The number of aromatic nitrogens is 8. The van der Waals surface area contributed by atoms with Crippen molar-refractivity contribution in [3.8, 4) is 17.2 Å². The average molecular weight is 1520 g/mol. The molecule has 0 aliphatic heterocycles. The van der Waals surface area contributed by atoms with E-state index in [-0.39, 0.29) is 53.0 Å². The molecule has 0 radical (unpaired) electrons. The maximum Gasteiger partial charge on any atom is 0.323 e. The van der Waals surface area contributed by atoms with Crippen LogP contribution in [0.4, 0.5) is 51.2 Å². The monoisotopic (exact) mass is 1520 g/mol. The molecule has 0 spiro atoms. The molecule has 0 saturated heterocycles. The number of hydrogen-bond donors (Lipinski definition) is 13. The number of aromatic amines is 8. The Morgan fingerprint density at radius 2 is 0.708 bits per heavy atom. The first-order valence-electron chi connectivity index (χ1n) is 34.5. The fourth-order valence-corrected chi connectivity index (χ4v) is 11.1. The van der Waals surface area contributed by atoms with Crippen molar-refractivity contribution >= 4 is 147 Å². The molecule has 13 N–H and O–H groups in total. The van der Waals surface area contributed by atoms with E-state index in [0.717, 1.165) is 16.5 Å². The predicted octanol–water partition coefficient (Wildman–Crippen LogP) is 13.4. The topological polar surface area (TPSA) is 500 Å². The zero-order valence-corrected chi connectivity index (χ0v) is 60.5. The summed E-state index contributed by atoms with van der Waals surface area (Å²) in [6.07, 6.45) is 0. The minimum Gasteiger partial charge on any atom is -0.505 e. The first-order valence-corrected chi connectivity index (χ1v) is 34.5. The molecule has 3 unspecified atom stereocenters. The Balaban J connectivity index is 0.000000170. The smallest absolute Gasteiger partial charge is 0.323 e. The highest BCUT2D eigenvalue weighted by Crippen LogP contribution is 2.40. The Morgan fingerprint density at radius 1 is 0.372 bits per heavy atom. The van der Waals surface area contributed by atoms with Gasteiger partial charge < -0.3 is 75.7 Å². The fourth-order valence-electron chi connectivity index (χ4n) is 11.1. The first kappa shape index (κ1) is 76.9. The van der Waals surface area contributed by atoms with E-state index < -0.39 is 70.5 Å². The molecule has 0 saturated carbocycles. The number of aromatic hydroxyl groups is 1. The number of nitrogens with one attached hydrogen (secondary N) is 12. The van der Waals surface area contributed by atoms with E-state index in [9.17, 15) is 57.8 Å². The Kier molecular flexibility index (Phi) is 23.7. The van der Waals surface area contributed by atoms with E-state index in [0.29, 0.717) is 95.1 Å². The van der Waals surface area contributed by atoms with Gasteiger partial charge in [-0.1, -0.05) is 83.9 Å². The highest BCUT2D eigenvalue weighted by molar-refractivity contribution is 6.14. The maximum atomic E-state index is 13.1. The van der Waals surface area contributed by atoms with Crippen molar-refractivity contribution in [3.05, 3.63) is 259 Å². The standard InChI is InChI=1S/C36H32N10O8.C25H19N5O3.C18H17N5O3/c1-19(47)31(33(49)37-21-11-13-23-27(17-21)41-35(51)39-23)45-43-25-7-3-5-9-29(25)53-15-16-54-30-10-6-4-8-26(30)44-46-32(20(2)48)34(50)38-22-12-14-24-28(18-22)42-36(52)40-24;1-14-6-8-16(9-7-14)29-30-22-18-5-3-2-4-15(18)12-19(23(22)31)24(32)26-17-10-11-20-21(13-17)28-25(33)27-20;1-10-3-5-12(6-4-10)22-23-16(11(2)24)17(25)19-13-7-8-14-15(9-13)21-18(26)20-14/h3-14,17-18,31-32H,15-16H2,1-2H3,(H,37,49)(H,38,50)(H2,39,41,51)(H2,40,42,52);2-13,31H,1H3,(H,26,32)(H2,27,28,33);3-9,16H,1-2H3,(H,19,25)(H2,20,21,26). The van der Waals surface area contributed by atoms with E-state index in [1.54, 1.807) is 140 Å². The number of benzene rings is 10. The highest BCUT2D eigenvalue weighted by atomic mass is 16.5. The number of rotatable bonds is 24. The summed E-state index contributed by atoms with van der Waals surface area (Å²) in [4.78, 5) is 155. The molecule has 14 rings (SSSR count). The minimum absolute atomic E-state index is 0.0353. The third-order valence-corrected chi connectivity index (χ3v) is 16.8. The Morgan fingerprint density at radius 3 is 1.10 bits per heavy atom. The lowest BCUT2D eigenvalue weighted by molar-refractivity contribution is -0.127. The van der Waals surface area contributed by atoms with Gasteiger partial charge >= 0.3 is 22.8 Å². The largest absolute Gasteiger partial charge is 0.505 e. The molecule has 34 nitrogen and oxygen atoms in total. The summed E-state index contributed by atoms with van der Waals surface area (Å²) in [5.41, 5.74) is 8.74. The summed E-state index contributed by atoms with van der Waals surface area (Å²) in [7, 11) is 0. The van der Waals surface area contributed by atoms with Crippen LogP contribution < -0.4 is 53.5 Å². The fraction of sp³-hybridized carbons (Fsp3) is 0.127. The number of phenolic OH excluding ortho intramolecular Hbond substituents is 1. The number of amides is 4. The number of Topliss-reactive ketones (excluding diaryl/α,β-unsaturated/α-hetero) is 3. The number of aryl methyl sites for hydroxylation is 2. The quantitative estimate of drug-likeness (QED) is 0.0152. The number of hydrogen-bond acceptors (Lipinski definition) is 22. The molecular formula is C79H68N20O14. The van der Waals surface area contributed by atoms with Gasteiger partial charge in [-0.15, -0.1) is 5.11 Å². The van der Waals surface area contributed by atoms with Gasteiger partial charge in [-0.3, -0.25) is 33.6 Å². The Hall–Kier alpha value is -15.8. The van der Waals surface area contributed by atoms with Crippen molar-refractivity contribution in [1.29, 1.82) is 0 Å². The number of fused-ring (bicyclic) bond motifs is 5. The molecule has 4 heterocycles. The summed E-state index contributed by atoms with van der Waals surface area (Å²) in [5, 5.41) is 55.6. The number of anilines is 4. The van der Waals surface area contributed by atoms with Crippen LogP contribution in [0.5, 0.6) is 17.2 Å². The van der Waals surface area contributed by atoms with Crippen LogP contribution in [0.3, 0.4) is 0 Å². The van der Waals surface area contributed by atoms with Crippen molar-refractivity contribution in [2.45, 2.75) is 52.7 Å². The third kappa shape index (κ3) is 19.7. The first-order chi connectivity index (χ1) is 54.4. The molecule has 0 fully saturated rings. The van der Waals surface area contributed by atoms with E-state index in [2.05, 4.69) is 102 Å². The molecule has 3 atom stereocenters. The van der Waals surface area contributed by atoms with Crippen LogP contribution in [-0.4, -0.2) is 117 Å². The number of azo groups is 4. The molecule has 0 bridgehead atoms. The zero-order valence-electron chi connectivity index (χ0n) is 60.5. The number of para-hydroxylation sites is 2. The lowest BCUT2D eigenvalue weighted by Crippen LogP contribution is -2.31. The molecule has 0 aliphatic rings. The van der Waals surface area contributed by atoms with Crippen LogP contribution in [0.25, 0.3) is 54.9 Å².